The second kappa shape index (κ2) is 5.75. The van der Waals surface area contributed by atoms with E-state index in [2.05, 4.69) is 12.2 Å². The first-order chi connectivity index (χ1) is 9.50. The molecule has 5 nitrogen and oxygen atoms in total. The lowest BCUT2D eigenvalue weighted by molar-refractivity contribution is -0.386. The minimum atomic E-state index is -0.823. The molecule has 0 radical (unpaired) electrons. The van der Waals surface area contributed by atoms with Gasteiger partial charge in [-0.15, -0.1) is 0 Å². The lowest BCUT2D eigenvalue weighted by atomic mass is 9.73. The zero-order valence-electron chi connectivity index (χ0n) is 11.6. The molecule has 0 aliphatic heterocycles. The molecule has 0 bridgehead atoms. The van der Waals surface area contributed by atoms with Crippen molar-refractivity contribution in [2.24, 2.45) is 11.7 Å². The maximum atomic E-state index is 13.7. The van der Waals surface area contributed by atoms with Crippen LogP contribution in [-0.2, 0) is 0 Å². The zero-order valence-corrected chi connectivity index (χ0v) is 11.6. The van der Waals surface area contributed by atoms with Crippen LogP contribution in [0, 0.1) is 21.8 Å². The number of nitro benzene ring substituents is 1. The summed E-state index contributed by atoms with van der Waals surface area (Å²) in [5.74, 6) is -0.528. The number of nitrogens with one attached hydrogen (secondary N) is 1. The van der Waals surface area contributed by atoms with Gasteiger partial charge >= 0.3 is 5.69 Å². The Morgan fingerprint density at radius 1 is 1.55 bits per heavy atom. The van der Waals surface area contributed by atoms with Crippen LogP contribution in [0.3, 0.4) is 0 Å². The minimum Gasteiger partial charge on any atom is -0.372 e. The summed E-state index contributed by atoms with van der Waals surface area (Å²) >= 11 is 0. The molecule has 110 valence electrons. The summed E-state index contributed by atoms with van der Waals surface area (Å²) in [4.78, 5) is 10.4. The monoisotopic (exact) mass is 281 g/mol. The smallest absolute Gasteiger partial charge is 0.327 e. The molecule has 0 heterocycles. The quantitative estimate of drug-likeness (QED) is 0.656. The molecule has 1 aromatic rings. The highest BCUT2D eigenvalue weighted by Gasteiger charge is 2.38. The summed E-state index contributed by atoms with van der Waals surface area (Å²) < 4.78 is 13.7. The van der Waals surface area contributed by atoms with Gasteiger partial charge in [0.2, 0.25) is 5.82 Å². The Morgan fingerprint density at radius 2 is 2.30 bits per heavy atom. The highest BCUT2D eigenvalue weighted by molar-refractivity contribution is 5.63. The number of nitrogens with two attached hydrogens (primary N) is 1. The number of rotatable bonds is 4. The van der Waals surface area contributed by atoms with Gasteiger partial charge in [0.1, 0.15) is 5.69 Å². The molecule has 0 saturated heterocycles. The Labute approximate surface area is 117 Å². The van der Waals surface area contributed by atoms with Gasteiger partial charge in [-0.1, -0.05) is 25.8 Å². The van der Waals surface area contributed by atoms with Gasteiger partial charge in [0.05, 0.1) is 10.5 Å². The summed E-state index contributed by atoms with van der Waals surface area (Å²) in [6.45, 7) is 2.46. The van der Waals surface area contributed by atoms with E-state index in [4.69, 9.17) is 5.73 Å². The van der Waals surface area contributed by atoms with E-state index < -0.39 is 22.0 Å². The maximum absolute atomic E-state index is 13.7. The van der Waals surface area contributed by atoms with Gasteiger partial charge in [0.15, 0.2) is 0 Å². The summed E-state index contributed by atoms with van der Waals surface area (Å²) in [6, 6.07) is 4.12. The van der Waals surface area contributed by atoms with Crippen LogP contribution in [-0.4, -0.2) is 17.0 Å². The Morgan fingerprint density at radius 3 is 2.90 bits per heavy atom. The number of hydrogen-bond acceptors (Lipinski definition) is 4. The molecule has 1 fully saturated rings. The van der Waals surface area contributed by atoms with E-state index in [1.165, 1.54) is 6.07 Å². The van der Waals surface area contributed by atoms with Crippen LogP contribution in [0.5, 0.6) is 0 Å². The van der Waals surface area contributed by atoms with Crippen LogP contribution in [0.2, 0.25) is 0 Å². The number of para-hydroxylation sites is 1. The number of nitro groups is 1. The molecule has 1 aliphatic rings. The van der Waals surface area contributed by atoms with E-state index >= 15 is 0 Å². The van der Waals surface area contributed by atoms with E-state index in [1.54, 1.807) is 6.07 Å². The van der Waals surface area contributed by atoms with Crippen LogP contribution in [0.15, 0.2) is 18.2 Å². The molecule has 0 spiro atoms. The Hall–Kier alpha value is -1.69. The number of nitrogens with zero attached hydrogens (tertiary/aromatic N) is 1. The maximum Gasteiger partial charge on any atom is 0.327 e. The van der Waals surface area contributed by atoms with Gasteiger partial charge < -0.3 is 11.1 Å². The van der Waals surface area contributed by atoms with Crippen LogP contribution in [0.25, 0.3) is 0 Å². The van der Waals surface area contributed by atoms with E-state index in [9.17, 15) is 14.5 Å². The largest absolute Gasteiger partial charge is 0.372 e. The van der Waals surface area contributed by atoms with Gasteiger partial charge in [0, 0.05) is 6.54 Å². The van der Waals surface area contributed by atoms with Crippen molar-refractivity contribution in [3.8, 4) is 0 Å². The van der Waals surface area contributed by atoms with Crippen molar-refractivity contribution in [3.63, 3.8) is 0 Å². The van der Waals surface area contributed by atoms with Crippen LogP contribution >= 0.6 is 0 Å². The van der Waals surface area contributed by atoms with Gasteiger partial charge in [-0.25, -0.2) is 0 Å². The second-order valence-electron chi connectivity index (χ2n) is 5.53. The first-order valence-corrected chi connectivity index (χ1v) is 6.91. The lowest BCUT2D eigenvalue weighted by Gasteiger charge is -2.43. The van der Waals surface area contributed by atoms with Gasteiger partial charge in [-0.05, 0) is 30.9 Å². The fourth-order valence-corrected chi connectivity index (χ4v) is 3.02. The van der Waals surface area contributed by atoms with Crippen LogP contribution in [0.4, 0.5) is 15.8 Å². The molecule has 1 aliphatic carbocycles. The van der Waals surface area contributed by atoms with Crippen molar-refractivity contribution in [2.45, 2.75) is 38.1 Å². The third kappa shape index (κ3) is 2.60. The fourth-order valence-electron chi connectivity index (χ4n) is 3.02. The molecular formula is C14H20FN3O2. The molecule has 2 atom stereocenters. The van der Waals surface area contributed by atoms with E-state index in [0.29, 0.717) is 12.5 Å². The molecule has 2 rings (SSSR count). The Balaban J connectivity index is 2.37. The molecule has 1 aromatic carbocycles. The third-order valence-corrected chi connectivity index (χ3v) is 4.37. The minimum absolute atomic E-state index is 0.217. The SMILES string of the molecule is CC1CCCCC1(CN)Nc1cccc(F)c1[N+](=O)[O-]. The van der Waals surface area contributed by atoms with Crippen molar-refractivity contribution in [1.82, 2.24) is 0 Å². The third-order valence-electron chi connectivity index (χ3n) is 4.37. The molecule has 0 amide bonds. The molecule has 6 heteroatoms. The van der Waals surface area contributed by atoms with E-state index in [1.807, 2.05) is 0 Å². The second-order valence-corrected chi connectivity index (χ2v) is 5.53. The summed E-state index contributed by atoms with van der Waals surface area (Å²) in [7, 11) is 0. The molecule has 0 aromatic heterocycles. The molecule has 1 saturated carbocycles. The van der Waals surface area contributed by atoms with Gasteiger partial charge in [-0.2, -0.15) is 4.39 Å². The van der Waals surface area contributed by atoms with Gasteiger partial charge in [-0.3, -0.25) is 10.1 Å². The average Bonchev–Trinajstić information content (AvgIpc) is 2.41. The standard InChI is InChI=1S/C14H20FN3O2/c1-10-5-2-3-8-14(10,9-16)17-12-7-4-6-11(15)13(12)18(19)20/h4,6-7,10,17H,2-3,5,8-9,16H2,1H3. The van der Waals surface area contributed by atoms with Crippen molar-refractivity contribution in [2.75, 3.05) is 11.9 Å². The average molecular weight is 281 g/mol. The topological polar surface area (TPSA) is 81.2 Å². The summed E-state index contributed by atoms with van der Waals surface area (Å²) in [5, 5.41) is 14.2. The predicted molar refractivity (Wildman–Crippen MR) is 76.1 cm³/mol. The van der Waals surface area contributed by atoms with Crippen molar-refractivity contribution < 1.29 is 9.31 Å². The van der Waals surface area contributed by atoms with Crippen molar-refractivity contribution >= 4 is 11.4 Å². The highest BCUT2D eigenvalue weighted by Crippen LogP contribution is 2.38. The number of anilines is 1. The summed E-state index contributed by atoms with van der Waals surface area (Å²) in [6.07, 6.45) is 4.03. The fraction of sp³-hybridized carbons (Fsp3) is 0.571. The van der Waals surface area contributed by atoms with E-state index in [-0.39, 0.29) is 5.69 Å². The van der Waals surface area contributed by atoms with E-state index in [0.717, 1.165) is 31.7 Å². The molecule has 2 unspecified atom stereocenters. The Kier molecular flexibility index (Phi) is 4.23. The highest BCUT2D eigenvalue weighted by atomic mass is 19.1. The van der Waals surface area contributed by atoms with Crippen molar-refractivity contribution in [1.29, 1.82) is 0 Å². The van der Waals surface area contributed by atoms with Crippen LogP contribution in [0.1, 0.15) is 32.6 Å². The number of hydrogen-bond donors (Lipinski definition) is 2. The molecule has 3 N–H and O–H groups in total. The first-order valence-electron chi connectivity index (χ1n) is 6.91. The first kappa shape index (κ1) is 14.7. The normalized spacial score (nSPS) is 26.2. The Bertz CT molecular complexity index is 509. The number of benzene rings is 1. The van der Waals surface area contributed by atoms with Crippen molar-refractivity contribution in [3.05, 3.63) is 34.1 Å². The summed E-state index contributed by atoms with van der Waals surface area (Å²) in [5.41, 5.74) is 5.24. The predicted octanol–water partition coefficient (Wildman–Crippen LogP) is 3.05. The van der Waals surface area contributed by atoms with Crippen LogP contribution < -0.4 is 11.1 Å². The molecular weight excluding hydrogens is 261 g/mol. The van der Waals surface area contributed by atoms with Gasteiger partial charge in [0.25, 0.3) is 0 Å². The molecule has 20 heavy (non-hydrogen) atoms. The zero-order chi connectivity index (χ0) is 14.8. The lowest BCUT2D eigenvalue weighted by Crippen LogP contribution is -2.52. The number of halogens is 1.